The monoisotopic (exact) mass is 318 g/mol. The average molecular weight is 319 g/mol. The first-order chi connectivity index (χ1) is 10.9. The Morgan fingerprint density at radius 2 is 1.65 bits per heavy atom. The Morgan fingerprint density at radius 1 is 0.913 bits per heavy atom. The van der Waals surface area contributed by atoms with E-state index in [2.05, 4.69) is 13.8 Å². The largest absolute Gasteiger partial charge is 0.393 e. The second-order valence-electron chi connectivity index (χ2n) is 9.82. The summed E-state index contributed by atoms with van der Waals surface area (Å²) in [6.07, 6.45) is 11.0. The van der Waals surface area contributed by atoms with Gasteiger partial charge in [-0.05, 0) is 86.4 Å². The van der Waals surface area contributed by atoms with Crippen LogP contribution in [0.1, 0.15) is 78.6 Å². The third kappa shape index (κ3) is 2.12. The van der Waals surface area contributed by atoms with Crippen molar-refractivity contribution in [3.63, 3.8) is 0 Å². The van der Waals surface area contributed by atoms with Crippen molar-refractivity contribution in [1.29, 1.82) is 0 Å². The lowest BCUT2D eigenvalue weighted by Gasteiger charge is -2.61. The summed E-state index contributed by atoms with van der Waals surface area (Å²) < 4.78 is 0. The smallest absolute Gasteiger partial charge is 0.133 e. The second-order valence-corrected chi connectivity index (χ2v) is 9.82. The lowest BCUT2D eigenvalue weighted by molar-refractivity contribution is -0.159. The van der Waals surface area contributed by atoms with Crippen LogP contribution in [-0.4, -0.2) is 17.0 Å². The number of carbonyl (C=O) groups is 1. The SMILES string of the molecule is CC(=O)[C@@H]1CC[C@@H]2[C@H]3C[C@@H](O)[C@H]4CCCC[C@]4(C)[C@@H]3CC[C@]21C. The van der Waals surface area contributed by atoms with Crippen molar-refractivity contribution in [2.75, 3.05) is 0 Å². The third-order valence-electron chi connectivity index (χ3n) is 9.08. The van der Waals surface area contributed by atoms with E-state index in [-0.39, 0.29) is 17.4 Å². The Balaban J connectivity index is 1.67. The van der Waals surface area contributed by atoms with Crippen molar-refractivity contribution in [2.24, 2.45) is 40.4 Å². The molecule has 130 valence electrons. The average Bonchev–Trinajstić information content (AvgIpc) is 2.85. The Morgan fingerprint density at radius 3 is 2.39 bits per heavy atom. The van der Waals surface area contributed by atoms with Gasteiger partial charge in [0.05, 0.1) is 6.10 Å². The van der Waals surface area contributed by atoms with Crippen LogP contribution < -0.4 is 0 Å². The number of aliphatic hydroxyl groups excluding tert-OH is 1. The molecule has 0 aromatic carbocycles. The van der Waals surface area contributed by atoms with Gasteiger partial charge in [0, 0.05) is 5.92 Å². The molecule has 4 fully saturated rings. The molecule has 0 radical (unpaired) electrons. The highest BCUT2D eigenvalue weighted by molar-refractivity contribution is 5.79. The number of hydrogen-bond acceptors (Lipinski definition) is 2. The van der Waals surface area contributed by atoms with Gasteiger partial charge in [-0.2, -0.15) is 0 Å². The molecule has 1 N–H and O–H groups in total. The molecule has 0 aromatic heterocycles. The van der Waals surface area contributed by atoms with Gasteiger partial charge < -0.3 is 5.11 Å². The molecule has 0 saturated heterocycles. The van der Waals surface area contributed by atoms with E-state index >= 15 is 0 Å². The fourth-order valence-corrected chi connectivity index (χ4v) is 8.02. The molecule has 4 aliphatic carbocycles. The van der Waals surface area contributed by atoms with Gasteiger partial charge in [-0.3, -0.25) is 4.79 Å². The van der Waals surface area contributed by atoms with E-state index in [1.54, 1.807) is 6.92 Å². The fraction of sp³-hybridized carbons (Fsp3) is 0.952. The lowest BCUT2D eigenvalue weighted by atomic mass is 9.44. The molecule has 2 heteroatoms. The Kier molecular flexibility index (Phi) is 3.72. The molecule has 4 saturated carbocycles. The molecule has 2 nitrogen and oxygen atoms in total. The minimum absolute atomic E-state index is 0.0970. The van der Waals surface area contributed by atoms with E-state index in [4.69, 9.17) is 0 Å². The Bertz CT molecular complexity index is 500. The topological polar surface area (TPSA) is 37.3 Å². The van der Waals surface area contributed by atoms with E-state index in [0.717, 1.165) is 18.8 Å². The molecule has 0 amide bonds. The zero-order chi connectivity index (χ0) is 16.4. The molecule has 4 rings (SSSR count). The minimum atomic E-state index is -0.0970. The number of Topliss-reactive ketones (excluding diaryl/α,β-unsaturated/α-hetero) is 1. The summed E-state index contributed by atoms with van der Waals surface area (Å²) in [5.41, 5.74) is 0.570. The third-order valence-corrected chi connectivity index (χ3v) is 9.08. The van der Waals surface area contributed by atoms with Crippen molar-refractivity contribution in [1.82, 2.24) is 0 Å². The number of rotatable bonds is 1. The van der Waals surface area contributed by atoms with Crippen molar-refractivity contribution in [3.8, 4) is 0 Å². The van der Waals surface area contributed by atoms with Crippen LogP contribution in [0.25, 0.3) is 0 Å². The number of carbonyl (C=O) groups excluding carboxylic acids is 1. The van der Waals surface area contributed by atoms with Crippen LogP contribution >= 0.6 is 0 Å². The number of ketones is 1. The molecule has 0 aromatic rings. The van der Waals surface area contributed by atoms with Crippen LogP contribution in [0.2, 0.25) is 0 Å². The Hall–Kier alpha value is -0.370. The molecule has 8 atom stereocenters. The van der Waals surface area contributed by atoms with Crippen LogP contribution in [0.3, 0.4) is 0 Å². The normalized spacial score (nSPS) is 55.7. The van der Waals surface area contributed by atoms with Gasteiger partial charge in [0.2, 0.25) is 0 Å². The van der Waals surface area contributed by atoms with Gasteiger partial charge in [0.25, 0.3) is 0 Å². The molecule has 0 spiro atoms. The van der Waals surface area contributed by atoms with Crippen molar-refractivity contribution < 1.29 is 9.90 Å². The fourth-order valence-electron chi connectivity index (χ4n) is 8.02. The molecule has 4 aliphatic rings. The van der Waals surface area contributed by atoms with Crippen molar-refractivity contribution in [2.45, 2.75) is 84.7 Å². The maximum Gasteiger partial charge on any atom is 0.133 e. The molecule has 0 bridgehead atoms. The van der Waals surface area contributed by atoms with Crippen LogP contribution in [-0.2, 0) is 4.79 Å². The molecule has 0 heterocycles. The standard InChI is InChI=1S/C21H34O2/c1-13(22)15-7-8-16-14-12-19(23)18-6-4-5-10-20(18,2)17(14)9-11-21(15,16)3/h14-19,23H,4-12H2,1-3H3/t14-,15+,16-,17-,18-,19-,20-,21+/m1/s1. The number of hydrogen-bond donors (Lipinski definition) is 1. The van der Waals surface area contributed by atoms with Crippen molar-refractivity contribution in [3.05, 3.63) is 0 Å². The maximum absolute atomic E-state index is 12.2. The molecule has 0 aliphatic heterocycles. The van der Waals surface area contributed by atoms with E-state index < -0.39 is 0 Å². The van der Waals surface area contributed by atoms with Crippen LogP contribution in [0.5, 0.6) is 0 Å². The summed E-state index contributed by atoms with van der Waals surface area (Å²) in [6.45, 7) is 6.70. The van der Waals surface area contributed by atoms with Gasteiger partial charge in [-0.1, -0.05) is 26.7 Å². The summed E-state index contributed by atoms with van der Waals surface area (Å²) in [4.78, 5) is 12.2. The zero-order valence-corrected chi connectivity index (χ0v) is 15.2. The minimum Gasteiger partial charge on any atom is -0.393 e. The van der Waals surface area contributed by atoms with Crippen LogP contribution in [0.15, 0.2) is 0 Å². The highest BCUT2D eigenvalue weighted by Gasteiger charge is 2.61. The van der Waals surface area contributed by atoms with Gasteiger partial charge in [0.15, 0.2) is 0 Å². The highest BCUT2D eigenvalue weighted by atomic mass is 16.3. The van der Waals surface area contributed by atoms with Gasteiger partial charge >= 0.3 is 0 Å². The predicted molar refractivity (Wildman–Crippen MR) is 91.9 cm³/mol. The molecule has 0 unspecified atom stereocenters. The van der Waals surface area contributed by atoms with E-state index in [1.807, 2.05) is 0 Å². The number of aliphatic hydroxyl groups is 1. The van der Waals surface area contributed by atoms with E-state index in [0.29, 0.717) is 29.0 Å². The lowest BCUT2D eigenvalue weighted by Crippen LogP contribution is -2.57. The molecule has 23 heavy (non-hydrogen) atoms. The van der Waals surface area contributed by atoms with Gasteiger partial charge in [-0.25, -0.2) is 0 Å². The summed E-state index contributed by atoms with van der Waals surface area (Å²) in [6, 6.07) is 0. The van der Waals surface area contributed by atoms with Gasteiger partial charge in [-0.15, -0.1) is 0 Å². The highest BCUT2D eigenvalue weighted by Crippen LogP contribution is 2.67. The quantitative estimate of drug-likeness (QED) is 0.767. The first-order valence-electron chi connectivity index (χ1n) is 10.1. The van der Waals surface area contributed by atoms with E-state index in [1.165, 1.54) is 44.9 Å². The predicted octanol–water partition coefficient (Wildman–Crippen LogP) is 4.60. The molecular formula is C21H34O2. The van der Waals surface area contributed by atoms with E-state index in [9.17, 15) is 9.90 Å². The molecular weight excluding hydrogens is 284 g/mol. The first kappa shape index (κ1) is 16.1. The number of fused-ring (bicyclic) bond motifs is 5. The summed E-state index contributed by atoms with van der Waals surface area (Å²) in [5, 5.41) is 10.9. The summed E-state index contributed by atoms with van der Waals surface area (Å²) >= 11 is 0. The second kappa shape index (κ2) is 5.31. The summed E-state index contributed by atoms with van der Waals surface area (Å²) in [7, 11) is 0. The maximum atomic E-state index is 12.2. The van der Waals surface area contributed by atoms with Crippen molar-refractivity contribution >= 4 is 5.78 Å². The van der Waals surface area contributed by atoms with Crippen LogP contribution in [0.4, 0.5) is 0 Å². The zero-order valence-electron chi connectivity index (χ0n) is 15.2. The first-order valence-corrected chi connectivity index (χ1v) is 10.1. The van der Waals surface area contributed by atoms with Gasteiger partial charge in [0.1, 0.15) is 5.78 Å². The summed E-state index contributed by atoms with van der Waals surface area (Å²) in [5.74, 6) is 3.35. The van der Waals surface area contributed by atoms with Crippen LogP contribution in [0, 0.1) is 40.4 Å². The Labute approximate surface area is 141 Å².